The Morgan fingerprint density at radius 2 is 1.74 bits per heavy atom. The summed E-state index contributed by atoms with van der Waals surface area (Å²) in [6.45, 7) is 1.71. The standard InChI is InChI=1S/C22H18O/c1-2-21-19-15-10-6-7-11-16(15)20(21)22(21)13-23-12-17(22)18(19)14-8-4-3-5-9-14/h1,3-11,17-20H,12-13H2. The predicted octanol–water partition coefficient (Wildman–Crippen LogP) is 3.93. The third kappa shape index (κ3) is 1.06. The first-order valence-electron chi connectivity index (χ1n) is 8.55. The van der Waals surface area contributed by atoms with Gasteiger partial charge in [-0.1, -0.05) is 60.5 Å². The molecule has 1 spiro atoms. The molecule has 0 amide bonds. The molecule has 6 atom stereocenters. The van der Waals surface area contributed by atoms with Gasteiger partial charge in [0, 0.05) is 17.3 Å². The second-order valence-corrected chi connectivity index (χ2v) is 7.65. The second-order valence-electron chi connectivity index (χ2n) is 7.65. The molecule has 1 aliphatic heterocycles. The smallest absolute Gasteiger partial charge is 0.0550 e. The molecule has 2 saturated carbocycles. The van der Waals surface area contributed by atoms with Crippen molar-refractivity contribution in [3.8, 4) is 12.3 Å². The van der Waals surface area contributed by atoms with Gasteiger partial charge in [0.1, 0.15) is 0 Å². The van der Waals surface area contributed by atoms with Crippen molar-refractivity contribution in [2.45, 2.75) is 17.8 Å². The van der Waals surface area contributed by atoms with Crippen LogP contribution >= 0.6 is 0 Å². The number of fused-ring (bicyclic) bond motifs is 3. The summed E-state index contributed by atoms with van der Waals surface area (Å²) in [6.07, 6.45) is 6.20. The minimum Gasteiger partial charge on any atom is -0.380 e. The molecule has 2 aromatic carbocycles. The summed E-state index contributed by atoms with van der Waals surface area (Å²) in [5.41, 5.74) is 4.64. The van der Waals surface area contributed by atoms with Gasteiger partial charge in [-0.25, -0.2) is 0 Å². The SMILES string of the molecule is C#CC12C3c4ccccc4C1C21COCC1C3c1ccccc1. The lowest BCUT2D eigenvalue weighted by atomic mass is 9.75. The van der Waals surface area contributed by atoms with Gasteiger partial charge in [0.25, 0.3) is 0 Å². The Balaban J connectivity index is 1.65. The molecule has 1 heterocycles. The van der Waals surface area contributed by atoms with Gasteiger partial charge >= 0.3 is 0 Å². The highest BCUT2D eigenvalue weighted by Crippen LogP contribution is 2.94. The van der Waals surface area contributed by atoms with Crippen molar-refractivity contribution < 1.29 is 4.74 Å². The van der Waals surface area contributed by atoms with Crippen molar-refractivity contribution in [1.29, 1.82) is 0 Å². The molecule has 4 aliphatic rings. The summed E-state index contributed by atoms with van der Waals surface area (Å²) < 4.78 is 6.01. The van der Waals surface area contributed by atoms with E-state index in [9.17, 15) is 0 Å². The summed E-state index contributed by atoms with van der Waals surface area (Å²) in [4.78, 5) is 0. The molecule has 1 saturated heterocycles. The molecule has 0 radical (unpaired) electrons. The Kier molecular flexibility index (Phi) is 2.00. The van der Waals surface area contributed by atoms with Gasteiger partial charge in [-0.3, -0.25) is 0 Å². The molecule has 0 N–H and O–H groups in total. The maximum Gasteiger partial charge on any atom is 0.0550 e. The van der Waals surface area contributed by atoms with Crippen molar-refractivity contribution >= 4 is 0 Å². The summed E-state index contributed by atoms with van der Waals surface area (Å²) in [5, 5.41) is 0. The molecule has 6 rings (SSSR count). The van der Waals surface area contributed by atoms with Crippen LogP contribution in [0.25, 0.3) is 0 Å². The van der Waals surface area contributed by atoms with Crippen LogP contribution in [0.3, 0.4) is 0 Å². The number of hydrogen-bond donors (Lipinski definition) is 0. The van der Waals surface area contributed by atoms with E-state index in [1.54, 1.807) is 0 Å². The van der Waals surface area contributed by atoms with Crippen LogP contribution in [-0.4, -0.2) is 13.2 Å². The van der Waals surface area contributed by atoms with Crippen molar-refractivity contribution in [3.05, 3.63) is 71.3 Å². The molecular formula is C22H18O. The maximum absolute atomic E-state index is 6.20. The van der Waals surface area contributed by atoms with Crippen LogP contribution in [0.1, 0.15) is 34.4 Å². The molecule has 2 aromatic rings. The molecule has 23 heavy (non-hydrogen) atoms. The van der Waals surface area contributed by atoms with Crippen molar-refractivity contribution in [2.75, 3.05) is 13.2 Å². The first-order valence-corrected chi connectivity index (χ1v) is 8.55. The van der Waals surface area contributed by atoms with E-state index >= 15 is 0 Å². The van der Waals surface area contributed by atoms with Gasteiger partial charge in [0.2, 0.25) is 0 Å². The molecule has 3 aliphatic carbocycles. The van der Waals surface area contributed by atoms with Gasteiger partial charge in [-0.15, -0.1) is 6.42 Å². The normalized spacial score (nSPS) is 44.3. The van der Waals surface area contributed by atoms with E-state index < -0.39 is 0 Å². The fourth-order valence-corrected chi connectivity index (χ4v) is 6.75. The quantitative estimate of drug-likeness (QED) is 0.725. The number of ether oxygens (including phenoxy) is 1. The first-order chi connectivity index (χ1) is 11.4. The van der Waals surface area contributed by atoms with Crippen LogP contribution in [0, 0.1) is 29.1 Å². The van der Waals surface area contributed by atoms with Crippen LogP contribution in [0.2, 0.25) is 0 Å². The van der Waals surface area contributed by atoms with Crippen LogP contribution in [0.5, 0.6) is 0 Å². The average Bonchev–Trinajstić information content (AvgIpc) is 2.87. The highest BCUT2D eigenvalue weighted by Gasteiger charge is 2.91. The fraction of sp³-hybridized carbons (Fsp3) is 0.364. The van der Waals surface area contributed by atoms with Crippen LogP contribution in [0.15, 0.2) is 54.6 Å². The lowest BCUT2D eigenvalue weighted by Gasteiger charge is -2.27. The minimum absolute atomic E-state index is 0.00163. The summed E-state index contributed by atoms with van der Waals surface area (Å²) in [5.74, 6) is 5.34. The van der Waals surface area contributed by atoms with Crippen LogP contribution in [0.4, 0.5) is 0 Å². The average molecular weight is 298 g/mol. The Bertz CT molecular complexity index is 863. The Morgan fingerprint density at radius 1 is 1.00 bits per heavy atom. The molecule has 1 heteroatoms. The molecule has 0 aromatic heterocycles. The monoisotopic (exact) mass is 298 g/mol. The lowest BCUT2D eigenvalue weighted by molar-refractivity contribution is 0.161. The molecule has 6 unspecified atom stereocenters. The highest BCUT2D eigenvalue weighted by molar-refractivity contribution is 5.65. The van der Waals surface area contributed by atoms with Gasteiger partial charge in [0.05, 0.1) is 18.6 Å². The third-order valence-electron chi connectivity index (χ3n) is 7.31. The van der Waals surface area contributed by atoms with Crippen LogP contribution < -0.4 is 0 Å². The van der Waals surface area contributed by atoms with Crippen molar-refractivity contribution in [1.82, 2.24) is 0 Å². The van der Waals surface area contributed by atoms with E-state index in [0.29, 0.717) is 23.7 Å². The Labute approximate surface area is 136 Å². The van der Waals surface area contributed by atoms with Crippen molar-refractivity contribution in [2.24, 2.45) is 16.7 Å². The number of hydrogen-bond acceptors (Lipinski definition) is 1. The van der Waals surface area contributed by atoms with E-state index in [-0.39, 0.29) is 10.8 Å². The van der Waals surface area contributed by atoms with E-state index in [2.05, 4.69) is 60.5 Å². The molecule has 1 nitrogen and oxygen atoms in total. The van der Waals surface area contributed by atoms with Crippen LogP contribution in [-0.2, 0) is 4.74 Å². The zero-order chi connectivity index (χ0) is 15.2. The largest absolute Gasteiger partial charge is 0.380 e. The topological polar surface area (TPSA) is 9.23 Å². The van der Waals surface area contributed by atoms with E-state index in [4.69, 9.17) is 11.2 Å². The third-order valence-corrected chi connectivity index (χ3v) is 7.31. The predicted molar refractivity (Wildman–Crippen MR) is 89.1 cm³/mol. The fourth-order valence-electron chi connectivity index (χ4n) is 6.75. The molecule has 3 fully saturated rings. The van der Waals surface area contributed by atoms with Gasteiger partial charge in [-0.05, 0) is 28.5 Å². The lowest BCUT2D eigenvalue weighted by Crippen LogP contribution is -2.19. The zero-order valence-corrected chi connectivity index (χ0v) is 12.9. The zero-order valence-electron chi connectivity index (χ0n) is 12.9. The first kappa shape index (κ1) is 12.4. The van der Waals surface area contributed by atoms with E-state index in [1.807, 2.05) is 0 Å². The number of benzene rings is 2. The van der Waals surface area contributed by atoms with Gasteiger partial charge in [-0.2, -0.15) is 0 Å². The maximum atomic E-state index is 6.20. The summed E-state index contributed by atoms with van der Waals surface area (Å²) >= 11 is 0. The Morgan fingerprint density at radius 3 is 2.52 bits per heavy atom. The van der Waals surface area contributed by atoms with Gasteiger partial charge in [0.15, 0.2) is 0 Å². The molecule has 112 valence electrons. The van der Waals surface area contributed by atoms with E-state index in [0.717, 1.165) is 13.2 Å². The molecule has 0 bridgehead atoms. The number of terminal acetylenes is 1. The van der Waals surface area contributed by atoms with Gasteiger partial charge < -0.3 is 4.74 Å². The second kappa shape index (κ2) is 3.71. The Hall–Kier alpha value is -2.04. The number of rotatable bonds is 1. The van der Waals surface area contributed by atoms with E-state index in [1.165, 1.54) is 16.7 Å². The summed E-state index contributed by atoms with van der Waals surface area (Å²) in [7, 11) is 0. The molecular weight excluding hydrogens is 280 g/mol. The minimum atomic E-state index is -0.00163. The van der Waals surface area contributed by atoms with Crippen molar-refractivity contribution in [3.63, 3.8) is 0 Å². The highest BCUT2D eigenvalue weighted by atomic mass is 16.5. The summed E-state index contributed by atoms with van der Waals surface area (Å²) in [6, 6.07) is 19.9.